The number of aliphatic carboxylic acids is 2. The van der Waals surface area contributed by atoms with Gasteiger partial charge < -0.3 is 15.3 Å². The lowest BCUT2D eigenvalue weighted by atomic mass is 9.34. The maximum absolute atomic E-state index is 12.8. The molecule has 0 radical (unpaired) electrons. The summed E-state index contributed by atoms with van der Waals surface area (Å²) in [7, 11) is 0. The molecule has 0 aromatic heterocycles. The van der Waals surface area contributed by atoms with Crippen LogP contribution in [-0.4, -0.2) is 33.4 Å². The van der Waals surface area contributed by atoms with Gasteiger partial charge in [0.1, 0.15) is 0 Å². The highest BCUT2D eigenvalue weighted by Gasteiger charge is 2.72. The minimum absolute atomic E-state index is 0.0209. The van der Waals surface area contributed by atoms with Gasteiger partial charge in [-0.05, 0) is 111 Å². The molecule has 5 nitrogen and oxygen atoms in total. The number of carboxylic acid groups (broad SMARTS) is 2. The van der Waals surface area contributed by atoms with Crippen LogP contribution in [-0.2, 0) is 9.59 Å². The van der Waals surface area contributed by atoms with Crippen LogP contribution < -0.4 is 0 Å². The predicted octanol–water partition coefficient (Wildman–Crippen LogP) is 6.32. The van der Waals surface area contributed by atoms with E-state index in [1.165, 1.54) is 0 Å². The Morgan fingerprint density at radius 3 is 2.11 bits per heavy atom. The number of carbonyl (C=O) groups is 2. The molecule has 0 aliphatic heterocycles. The van der Waals surface area contributed by atoms with Crippen LogP contribution >= 0.6 is 0 Å². The Kier molecular flexibility index (Phi) is 6.39. The lowest BCUT2D eigenvalue weighted by molar-refractivity contribution is -0.225. The van der Waals surface area contributed by atoms with Crippen LogP contribution in [0.1, 0.15) is 92.4 Å². The van der Waals surface area contributed by atoms with Crippen LogP contribution in [0.15, 0.2) is 24.3 Å². The molecule has 4 aliphatic carbocycles. The zero-order valence-corrected chi connectivity index (χ0v) is 22.4. The second-order valence-corrected chi connectivity index (χ2v) is 13.5. The number of aliphatic hydroxyl groups excluding tert-OH is 1. The van der Waals surface area contributed by atoms with Crippen LogP contribution in [0.3, 0.4) is 0 Å². The normalized spacial score (nSPS) is 48.9. The van der Waals surface area contributed by atoms with E-state index in [9.17, 15) is 24.9 Å². The third-order valence-corrected chi connectivity index (χ3v) is 12.3. The molecule has 35 heavy (non-hydrogen) atoms. The lowest BCUT2D eigenvalue weighted by Crippen LogP contribution is -2.65. The molecule has 4 aliphatic rings. The Labute approximate surface area is 211 Å². The van der Waals surface area contributed by atoms with Crippen LogP contribution in [0.4, 0.5) is 0 Å². The molecule has 0 aromatic rings. The summed E-state index contributed by atoms with van der Waals surface area (Å²) in [6.45, 7) is 19.8. The quantitative estimate of drug-likeness (QED) is 0.382. The second kappa shape index (κ2) is 8.46. The first kappa shape index (κ1) is 26.4. The molecule has 0 aromatic carbocycles. The first-order valence-corrected chi connectivity index (χ1v) is 13.6. The smallest absolute Gasteiger partial charge is 0.312 e. The highest BCUT2D eigenvalue weighted by molar-refractivity contribution is 5.77. The maximum atomic E-state index is 12.8. The summed E-state index contributed by atoms with van der Waals surface area (Å²) in [5, 5.41) is 31.2. The summed E-state index contributed by atoms with van der Waals surface area (Å²) in [5.41, 5.74) is 0.830. The topological polar surface area (TPSA) is 94.8 Å². The molecule has 0 saturated heterocycles. The van der Waals surface area contributed by atoms with Gasteiger partial charge in [0.15, 0.2) is 0 Å². The molecule has 4 fully saturated rings. The Morgan fingerprint density at radius 2 is 1.57 bits per heavy atom. The van der Waals surface area contributed by atoms with Gasteiger partial charge in [-0.2, -0.15) is 0 Å². The molecule has 10 atom stereocenters. The number of hydrogen-bond donors (Lipinski definition) is 3. The van der Waals surface area contributed by atoms with Crippen LogP contribution in [0.5, 0.6) is 0 Å². The minimum Gasteiger partial charge on any atom is -0.481 e. The van der Waals surface area contributed by atoms with Crippen molar-refractivity contribution in [3.63, 3.8) is 0 Å². The van der Waals surface area contributed by atoms with Gasteiger partial charge in [0.05, 0.1) is 11.5 Å². The van der Waals surface area contributed by atoms with Crippen LogP contribution in [0.2, 0.25) is 0 Å². The number of allylic oxidation sites excluding steroid dienone is 2. The van der Waals surface area contributed by atoms with Crippen molar-refractivity contribution >= 4 is 11.9 Å². The predicted molar refractivity (Wildman–Crippen MR) is 137 cm³/mol. The largest absolute Gasteiger partial charge is 0.481 e. The zero-order chi connectivity index (χ0) is 26.1. The third kappa shape index (κ3) is 3.43. The molecule has 4 unspecified atom stereocenters. The Morgan fingerprint density at radius 1 is 0.914 bits per heavy atom. The van der Waals surface area contributed by atoms with Gasteiger partial charge >= 0.3 is 11.9 Å². The van der Waals surface area contributed by atoms with E-state index in [4.69, 9.17) is 0 Å². The summed E-state index contributed by atoms with van der Waals surface area (Å²) in [6.07, 6.45) is 5.73. The fourth-order valence-corrected chi connectivity index (χ4v) is 10.4. The van der Waals surface area contributed by atoms with Crippen molar-refractivity contribution in [1.29, 1.82) is 0 Å². The van der Waals surface area contributed by atoms with Crippen LogP contribution in [0.25, 0.3) is 0 Å². The average Bonchev–Trinajstić information content (AvgIpc) is 3.06. The Balaban J connectivity index is 1.80. The van der Waals surface area contributed by atoms with Crippen molar-refractivity contribution in [2.24, 2.45) is 51.2 Å². The van der Waals surface area contributed by atoms with Gasteiger partial charge in [-0.15, -0.1) is 0 Å². The van der Waals surface area contributed by atoms with E-state index in [0.29, 0.717) is 31.1 Å². The van der Waals surface area contributed by atoms with Crippen molar-refractivity contribution in [3.8, 4) is 0 Å². The van der Waals surface area contributed by atoms with Crippen molar-refractivity contribution in [2.75, 3.05) is 0 Å². The number of rotatable bonds is 6. The van der Waals surface area contributed by atoms with Crippen molar-refractivity contribution in [3.05, 3.63) is 24.3 Å². The Hall–Kier alpha value is -1.62. The molecule has 5 heteroatoms. The van der Waals surface area contributed by atoms with Crippen molar-refractivity contribution in [2.45, 2.75) is 98.5 Å². The van der Waals surface area contributed by atoms with Gasteiger partial charge in [0.2, 0.25) is 0 Å². The molecule has 0 heterocycles. The van der Waals surface area contributed by atoms with Crippen molar-refractivity contribution in [1.82, 2.24) is 0 Å². The number of carboxylic acids is 2. The van der Waals surface area contributed by atoms with E-state index >= 15 is 0 Å². The highest BCUT2D eigenvalue weighted by atomic mass is 16.4. The summed E-state index contributed by atoms with van der Waals surface area (Å²) in [5.74, 6) is -0.796. The molecule has 3 N–H and O–H groups in total. The Bertz CT molecular complexity index is 939. The van der Waals surface area contributed by atoms with E-state index < -0.39 is 23.5 Å². The molecule has 0 spiro atoms. The first-order chi connectivity index (χ1) is 16.2. The number of aliphatic hydroxyl groups is 1. The van der Waals surface area contributed by atoms with Gasteiger partial charge in [-0.3, -0.25) is 9.59 Å². The molecular formula is C30H46O5. The fraction of sp³-hybridized carbons (Fsp3) is 0.800. The number of fused-ring (bicyclic) bond motifs is 5. The van der Waals surface area contributed by atoms with Gasteiger partial charge in [0.25, 0.3) is 0 Å². The molecular weight excluding hydrogens is 440 g/mol. The fourth-order valence-electron chi connectivity index (χ4n) is 10.4. The average molecular weight is 487 g/mol. The maximum Gasteiger partial charge on any atom is 0.312 e. The third-order valence-electron chi connectivity index (χ3n) is 12.3. The summed E-state index contributed by atoms with van der Waals surface area (Å²) >= 11 is 0. The second-order valence-electron chi connectivity index (χ2n) is 13.5. The molecule has 0 bridgehead atoms. The SMILES string of the molecule is C=C(C)C1CC[C@]2(C)C(CCC3C4[C@H](C(=C)C)C[C@H](O)[C@]4(C(=O)O)CC[C@]32C)[C@@]1(C)CCC(=O)O. The summed E-state index contributed by atoms with van der Waals surface area (Å²) < 4.78 is 0. The monoisotopic (exact) mass is 486 g/mol. The van der Waals surface area contributed by atoms with Gasteiger partial charge in [-0.25, -0.2) is 0 Å². The molecule has 4 rings (SSSR count). The van der Waals surface area contributed by atoms with E-state index in [2.05, 4.69) is 40.9 Å². The van der Waals surface area contributed by atoms with E-state index in [-0.39, 0.29) is 40.4 Å². The van der Waals surface area contributed by atoms with E-state index in [1.54, 1.807) is 0 Å². The van der Waals surface area contributed by atoms with E-state index in [1.807, 2.05) is 6.92 Å². The zero-order valence-electron chi connectivity index (χ0n) is 22.4. The standard InChI is InChI=1S/C30H46O5/c1-17(2)19-16-23(31)30(26(34)35)15-14-28(6)21(25(19)30)8-9-22-27(5,12-11-24(32)33)20(18(3)4)10-13-29(22,28)7/h19-23,25,31H,1,3,8-16H2,2,4-7H3,(H,32,33)(H,34,35)/t19-,20?,21?,22?,23-,25?,27-,28+,29+,30+/m0/s1. The van der Waals surface area contributed by atoms with Gasteiger partial charge in [0, 0.05) is 6.42 Å². The highest BCUT2D eigenvalue weighted by Crippen LogP contribution is 2.76. The minimum atomic E-state index is -1.08. The van der Waals surface area contributed by atoms with Crippen LogP contribution in [0, 0.1) is 51.2 Å². The summed E-state index contributed by atoms with van der Waals surface area (Å²) in [4.78, 5) is 24.4. The molecule has 196 valence electrons. The molecule has 4 saturated carbocycles. The van der Waals surface area contributed by atoms with Crippen molar-refractivity contribution < 1.29 is 24.9 Å². The lowest BCUT2D eigenvalue weighted by Gasteiger charge is -2.70. The first-order valence-electron chi connectivity index (χ1n) is 13.6. The summed E-state index contributed by atoms with van der Waals surface area (Å²) in [6, 6.07) is 0. The number of hydrogen-bond acceptors (Lipinski definition) is 3. The molecule has 0 amide bonds. The van der Waals surface area contributed by atoms with E-state index in [0.717, 1.165) is 43.3 Å². The van der Waals surface area contributed by atoms with Gasteiger partial charge in [-0.1, -0.05) is 45.1 Å².